The molecule has 5 nitrogen and oxygen atoms in total. The number of oxime groups is 1. The van der Waals surface area contributed by atoms with Gasteiger partial charge in [0, 0.05) is 30.5 Å². The fraction of sp³-hybridized carbons (Fsp3) is 0.200. The number of rotatable bonds is 5. The lowest BCUT2D eigenvalue weighted by Crippen LogP contribution is -2.22. The molecule has 1 aromatic carbocycles. The Morgan fingerprint density at radius 2 is 2.15 bits per heavy atom. The number of hydrogen-bond donors (Lipinski definition) is 3. The third kappa shape index (κ3) is 3.33. The maximum absolute atomic E-state index is 8.80. The molecule has 0 saturated carbocycles. The smallest absolute Gasteiger partial charge is 0.170 e. The van der Waals surface area contributed by atoms with E-state index in [1.165, 1.54) is 0 Å². The highest BCUT2D eigenvalue weighted by atomic mass is 16.4. The Morgan fingerprint density at radius 3 is 2.85 bits per heavy atom. The molecule has 20 heavy (non-hydrogen) atoms. The Balaban J connectivity index is 2.08. The maximum atomic E-state index is 8.80. The molecule has 2 aromatic rings. The van der Waals surface area contributed by atoms with Crippen LogP contribution in [0.15, 0.2) is 53.9 Å². The van der Waals surface area contributed by atoms with Gasteiger partial charge in [-0.2, -0.15) is 0 Å². The van der Waals surface area contributed by atoms with Crippen molar-refractivity contribution in [2.45, 2.75) is 19.5 Å². The summed E-state index contributed by atoms with van der Waals surface area (Å²) in [4.78, 5) is 4.11. The second-order valence-electron chi connectivity index (χ2n) is 4.53. The Morgan fingerprint density at radius 1 is 1.35 bits per heavy atom. The van der Waals surface area contributed by atoms with Crippen LogP contribution in [0.5, 0.6) is 0 Å². The van der Waals surface area contributed by atoms with E-state index >= 15 is 0 Å². The van der Waals surface area contributed by atoms with Gasteiger partial charge >= 0.3 is 0 Å². The molecular weight excluding hydrogens is 252 g/mol. The molecule has 0 aliphatic carbocycles. The molecule has 0 radical (unpaired) electrons. The minimum Gasteiger partial charge on any atom is -0.409 e. The number of hydrogen-bond acceptors (Lipinski definition) is 4. The molecule has 0 amide bonds. The summed E-state index contributed by atoms with van der Waals surface area (Å²) in [6, 6.07) is 11.7. The van der Waals surface area contributed by atoms with E-state index < -0.39 is 0 Å². The van der Waals surface area contributed by atoms with E-state index in [1.807, 2.05) is 42.6 Å². The minimum absolute atomic E-state index is 0.122. The van der Waals surface area contributed by atoms with Gasteiger partial charge in [0.1, 0.15) is 0 Å². The lowest BCUT2D eigenvalue weighted by Gasteiger charge is -2.15. The van der Waals surface area contributed by atoms with Crippen molar-refractivity contribution in [3.05, 3.63) is 65.5 Å². The standard InChI is InChI=1S/C15H18N4O/c1-11(12-6-4-8-17-9-12)18-10-13-5-2-3-7-14(13)15(16)19-20/h2-9,11,18,20H,10H2,1H3,(H2,16,19). The molecule has 4 N–H and O–H groups in total. The lowest BCUT2D eigenvalue weighted by atomic mass is 10.1. The summed E-state index contributed by atoms with van der Waals surface area (Å²) in [6.07, 6.45) is 3.59. The molecule has 1 aromatic heterocycles. The van der Waals surface area contributed by atoms with E-state index in [-0.39, 0.29) is 11.9 Å². The van der Waals surface area contributed by atoms with E-state index in [0.29, 0.717) is 6.54 Å². The quantitative estimate of drug-likeness (QED) is 0.336. The van der Waals surface area contributed by atoms with Crippen LogP contribution in [0.4, 0.5) is 0 Å². The van der Waals surface area contributed by atoms with Crippen molar-refractivity contribution in [1.82, 2.24) is 10.3 Å². The first-order chi connectivity index (χ1) is 9.72. The largest absolute Gasteiger partial charge is 0.409 e. The number of nitrogens with zero attached hydrogens (tertiary/aromatic N) is 2. The zero-order chi connectivity index (χ0) is 14.4. The molecule has 1 atom stereocenters. The SMILES string of the molecule is CC(NCc1ccccc1C(N)=NO)c1cccnc1. The van der Waals surface area contributed by atoms with Gasteiger partial charge in [0.25, 0.3) is 0 Å². The lowest BCUT2D eigenvalue weighted by molar-refractivity contribution is 0.318. The molecule has 1 unspecified atom stereocenters. The van der Waals surface area contributed by atoms with Gasteiger partial charge in [-0.25, -0.2) is 0 Å². The first kappa shape index (κ1) is 14.0. The van der Waals surface area contributed by atoms with Gasteiger partial charge in [-0.15, -0.1) is 0 Å². The molecule has 0 spiro atoms. The first-order valence-electron chi connectivity index (χ1n) is 6.41. The molecule has 2 rings (SSSR count). The van der Waals surface area contributed by atoms with Gasteiger partial charge in [-0.05, 0) is 24.1 Å². The number of aromatic nitrogens is 1. The first-order valence-corrected chi connectivity index (χ1v) is 6.41. The summed E-state index contributed by atoms with van der Waals surface area (Å²) in [5, 5.41) is 15.3. The molecule has 0 fully saturated rings. The average molecular weight is 270 g/mol. The van der Waals surface area contributed by atoms with Crippen LogP contribution in [0.1, 0.15) is 29.7 Å². The van der Waals surface area contributed by atoms with Crippen LogP contribution in [0, 0.1) is 0 Å². The van der Waals surface area contributed by atoms with Crippen molar-refractivity contribution in [3.8, 4) is 0 Å². The number of nitrogens with one attached hydrogen (secondary N) is 1. The molecule has 0 bridgehead atoms. The van der Waals surface area contributed by atoms with Crippen molar-refractivity contribution < 1.29 is 5.21 Å². The summed E-state index contributed by atoms with van der Waals surface area (Å²) in [5.74, 6) is 0.122. The van der Waals surface area contributed by atoms with E-state index in [9.17, 15) is 0 Å². The number of amidine groups is 1. The monoisotopic (exact) mass is 270 g/mol. The summed E-state index contributed by atoms with van der Waals surface area (Å²) < 4.78 is 0. The Kier molecular flexibility index (Phi) is 4.68. The predicted octanol–water partition coefficient (Wildman–Crippen LogP) is 2.03. The van der Waals surface area contributed by atoms with Crippen molar-refractivity contribution in [3.63, 3.8) is 0 Å². The normalized spacial score (nSPS) is 13.2. The fourth-order valence-electron chi connectivity index (χ4n) is 1.99. The van der Waals surface area contributed by atoms with Crippen molar-refractivity contribution in [1.29, 1.82) is 0 Å². The van der Waals surface area contributed by atoms with Crippen molar-refractivity contribution in [2.75, 3.05) is 0 Å². The molecule has 5 heteroatoms. The zero-order valence-electron chi connectivity index (χ0n) is 11.3. The highest BCUT2D eigenvalue weighted by Gasteiger charge is 2.09. The highest BCUT2D eigenvalue weighted by Crippen LogP contribution is 2.13. The summed E-state index contributed by atoms with van der Waals surface area (Å²) in [7, 11) is 0. The van der Waals surface area contributed by atoms with Crippen molar-refractivity contribution >= 4 is 5.84 Å². The molecule has 0 aliphatic rings. The summed E-state index contributed by atoms with van der Waals surface area (Å²) in [5.41, 5.74) is 8.52. The zero-order valence-corrected chi connectivity index (χ0v) is 11.3. The number of pyridine rings is 1. The third-order valence-corrected chi connectivity index (χ3v) is 3.18. The van der Waals surface area contributed by atoms with E-state index in [0.717, 1.165) is 16.7 Å². The van der Waals surface area contributed by atoms with Crippen LogP contribution in [0.2, 0.25) is 0 Å². The van der Waals surface area contributed by atoms with Gasteiger partial charge in [0.15, 0.2) is 5.84 Å². The van der Waals surface area contributed by atoms with Crippen LogP contribution in [-0.2, 0) is 6.54 Å². The maximum Gasteiger partial charge on any atom is 0.170 e. The fourth-order valence-corrected chi connectivity index (χ4v) is 1.99. The average Bonchev–Trinajstić information content (AvgIpc) is 2.53. The molecular formula is C15H18N4O. The predicted molar refractivity (Wildman–Crippen MR) is 78.4 cm³/mol. The third-order valence-electron chi connectivity index (χ3n) is 3.18. The van der Waals surface area contributed by atoms with E-state index in [4.69, 9.17) is 10.9 Å². The van der Waals surface area contributed by atoms with Crippen LogP contribution >= 0.6 is 0 Å². The van der Waals surface area contributed by atoms with Gasteiger partial charge in [-0.3, -0.25) is 4.98 Å². The van der Waals surface area contributed by atoms with E-state index in [1.54, 1.807) is 6.20 Å². The Labute approximate surface area is 118 Å². The number of benzene rings is 1. The van der Waals surface area contributed by atoms with Crippen LogP contribution in [0.3, 0.4) is 0 Å². The second-order valence-corrected chi connectivity index (χ2v) is 4.53. The summed E-state index contributed by atoms with van der Waals surface area (Å²) in [6.45, 7) is 2.70. The molecule has 0 saturated heterocycles. The van der Waals surface area contributed by atoms with Crippen LogP contribution in [0.25, 0.3) is 0 Å². The van der Waals surface area contributed by atoms with Gasteiger partial charge < -0.3 is 16.3 Å². The molecule has 0 aliphatic heterocycles. The van der Waals surface area contributed by atoms with Gasteiger partial charge in [-0.1, -0.05) is 35.5 Å². The minimum atomic E-state index is 0.122. The van der Waals surface area contributed by atoms with Gasteiger partial charge in [0.05, 0.1) is 0 Å². The van der Waals surface area contributed by atoms with Crippen LogP contribution < -0.4 is 11.1 Å². The molecule has 1 heterocycles. The van der Waals surface area contributed by atoms with Crippen LogP contribution in [-0.4, -0.2) is 16.0 Å². The number of nitrogens with two attached hydrogens (primary N) is 1. The van der Waals surface area contributed by atoms with Gasteiger partial charge in [0.2, 0.25) is 0 Å². The van der Waals surface area contributed by atoms with E-state index in [2.05, 4.69) is 22.4 Å². The highest BCUT2D eigenvalue weighted by molar-refractivity contribution is 5.98. The summed E-state index contributed by atoms with van der Waals surface area (Å²) >= 11 is 0. The second kappa shape index (κ2) is 6.68. The Bertz CT molecular complexity index is 583. The molecule has 104 valence electrons. The Hall–Kier alpha value is -2.40. The topological polar surface area (TPSA) is 83.5 Å². The van der Waals surface area contributed by atoms with Crippen molar-refractivity contribution in [2.24, 2.45) is 10.9 Å².